The molecule has 110 valence electrons. The molecule has 2 rings (SSSR count). The number of unbranched alkanes of at least 4 members (excludes halogenated alkanes) is 2. The Balaban J connectivity index is 1.80. The zero-order valence-electron chi connectivity index (χ0n) is 13.0. The SMILES string of the molecule is CCCCCC(C)(C)CNCc1cn2ccccc2n1. The number of hydrogen-bond acceptors (Lipinski definition) is 2. The molecule has 0 spiro atoms. The lowest BCUT2D eigenvalue weighted by Crippen LogP contribution is -2.29. The van der Waals surface area contributed by atoms with Crippen molar-refractivity contribution in [2.45, 2.75) is 53.0 Å². The van der Waals surface area contributed by atoms with Gasteiger partial charge in [-0.2, -0.15) is 0 Å². The summed E-state index contributed by atoms with van der Waals surface area (Å²) in [5.41, 5.74) is 2.50. The number of nitrogens with one attached hydrogen (secondary N) is 1. The number of fused-ring (bicyclic) bond motifs is 1. The summed E-state index contributed by atoms with van der Waals surface area (Å²) in [4.78, 5) is 4.61. The summed E-state index contributed by atoms with van der Waals surface area (Å²) in [6.07, 6.45) is 9.41. The van der Waals surface area contributed by atoms with E-state index in [1.54, 1.807) is 0 Å². The summed E-state index contributed by atoms with van der Waals surface area (Å²) in [6.45, 7) is 8.84. The second-order valence-corrected chi connectivity index (χ2v) is 6.42. The molecule has 0 unspecified atom stereocenters. The molecule has 0 fully saturated rings. The van der Waals surface area contributed by atoms with Crippen LogP contribution in [0.1, 0.15) is 52.1 Å². The van der Waals surface area contributed by atoms with Gasteiger partial charge in [-0.25, -0.2) is 4.98 Å². The molecule has 0 saturated heterocycles. The number of hydrogen-bond donors (Lipinski definition) is 1. The molecule has 2 aromatic rings. The van der Waals surface area contributed by atoms with Crippen molar-refractivity contribution in [1.29, 1.82) is 0 Å². The van der Waals surface area contributed by atoms with Crippen LogP contribution in [0.5, 0.6) is 0 Å². The van der Waals surface area contributed by atoms with Gasteiger partial charge in [0.25, 0.3) is 0 Å². The third kappa shape index (κ3) is 4.34. The lowest BCUT2D eigenvalue weighted by molar-refractivity contribution is 0.301. The van der Waals surface area contributed by atoms with Crippen LogP contribution in [0.25, 0.3) is 5.65 Å². The maximum Gasteiger partial charge on any atom is 0.137 e. The van der Waals surface area contributed by atoms with Crippen LogP contribution >= 0.6 is 0 Å². The summed E-state index contributed by atoms with van der Waals surface area (Å²) in [5, 5.41) is 3.55. The first-order chi connectivity index (χ1) is 9.61. The molecule has 0 aliphatic heterocycles. The highest BCUT2D eigenvalue weighted by Gasteiger charge is 2.16. The first kappa shape index (κ1) is 15.0. The highest BCUT2D eigenvalue weighted by atomic mass is 15.0. The van der Waals surface area contributed by atoms with Crippen LogP contribution in [-0.2, 0) is 6.54 Å². The van der Waals surface area contributed by atoms with Gasteiger partial charge >= 0.3 is 0 Å². The third-order valence-corrected chi connectivity index (χ3v) is 3.78. The molecular formula is C17H27N3. The molecule has 0 aliphatic carbocycles. The number of rotatable bonds is 8. The number of aromatic nitrogens is 2. The van der Waals surface area contributed by atoms with Crippen LogP contribution in [0.2, 0.25) is 0 Å². The van der Waals surface area contributed by atoms with Crippen molar-refractivity contribution >= 4 is 5.65 Å². The zero-order chi connectivity index (χ0) is 14.4. The number of nitrogens with zero attached hydrogens (tertiary/aromatic N) is 2. The molecule has 1 N–H and O–H groups in total. The maximum atomic E-state index is 4.61. The van der Waals surface area contributed by atoms with Crippen LogP contribution in [0.15, 0.2) is 30.6 Å². The van der Waals surface area contributed by atoms with E-state index in [4.69, 9.17) is 0 Å². The monoisotopic (exact) mass is 273 g/mol. The van der Waals surface area contributed by atoms with E-state index in [1.807, 2.05) is 24.4 Å². The predicted octanol–water partition coefficient (Wildman–Crippen LogP) is 4.03. The van der Waals surface area contributed by atoms with E-state index in [2.05, 4.69) is 41.7 Å². The van der Waals surface area contributed by atoms with Gasteiger partial charge in [0.1, 0.15) is 5.65 Å². The van der Waals surface area contributed by atoms with Gasteiger partial charge in [0, 0.05) is 25.5 Å². The van der Waals surface area contributed by atoms with E-state index < -0.39 is 0 Å². The highest BCUT2D eigenvalue weighted by Crippen LogP contribution is 2.22. The van der Waals surface area contributed by atoms with Gasteiger partial charge in [-0.3, -0.25) is 0 Å². The standard InChI is InChI=1S/C17H27N3/c1-4-5-7-10-17(2,3)14-18-12-15-13-20-11-8-6-9-16(20)19-15/h6,8-9,11,13,18H,4-5,7,10,12,14H2,1-3H3. The molecule has 0 amide bonds. The second-order valence-electron chi connectivity index (χ2n) is 6.42. The van der Waals surface area contributed by atoms with Gasteiger partial charge < -0.3 is 9.72 Å². The molecule has 0 aromatic carbocycles. The molecule has 0 atom stereocenters. The Hall–Kier alpha value is -1.35. The molecular weight excluding hydrogens is 246 g/mol. The quantitative estimate of drug-likeness (QED) is 0.736. The fourth-order valence-electron chi connectivity index (χ4n) is 2.54. The van der Waals surface area contributed by atoms with Gasteiger partial charge in [-0.15, -0.1) is 0 Å². The lowest BCUT2D eigenvalue weighted by atomic mass is 9.87. The molecule has 0 saturated carbocycles. The Morgan fingerprint density at radius 2 is 2.10 bits per heavy atom. The van der Waals surface area contributed by atoms with E-state index in [0.29, 0.717) is 5.41 Å². The summed E-state index contributed by atoms with van der Waals surface area (Å²) < 4.78 is 2.07. The lowest BCUT2D eigenvalue weighted by Gasteiger charge is -2.24. The van der Waals surface area contributed by atoms with Gasteiger partial charge in [0.05, 0.1) is 5.69 Å². The van der Waals surface area contributed by atoms with Crippen molar-refractivity contribution < 1.29 is 0 Å². The van der Waals surface area contributed by atoms with Crippen molar-refractivity contribution in [2.24, 2.45) is 5.41 Å². The second kappa shape index (κ2) is 6.89. The Labute approximate surface area is 122 Å². The fourth-order valence-corrected chi connectivity index (χ4v) is 2.54. The van der Waals surface area contributed by atoms with Crippen LogP contribution in [0.3, 0.4) is 0 Å². The third-order valence-electron chi connectivity index (χ3n) is 3.78. The zero-order valence-corrected chi connectivity index (χ0v) is 13.0. The summed E-state index contributed by atoms with van der Waals surface area (Å²) in [5.74, 6) is 0. The Morgan fingerprint density at radius 1 is 1.25 bits per heavy atom. The van der Waals surface area contributed by atoms with Gasteiger partial charge in [-0.05, 0) is 24.0 Å². The number of pyridine rings is 1. The minimum atomic E-state index is 0.369. The molecule has 0 radical (unpaired) electrons. The number of imidazole rings is 1. The Kier molecular flexibility index (Phi) is 5.18. The van der Waals surface area contributed by atoms with E-state index in [1.165, 1.54) is 25.7 Å². The molecule has 3 heteroatoms. The van der Waals surface area contributed by atoms with Crippen LogP contribution in [0, 0.1) is 5.41 Å². The van der Waals surface area contributed by atoms with E-state index in [-0.39, 0.29) is 0 Å². The molecule has 0 aliphatic rings. The maximum absolute atomic E-state index is 4.61. The molecule has 0 bridgehead atoms. The van der Waals surface area contributed by atoms with E-state index in [9.17, 15) is 0 Å². The van der Waals surface area contributed by atoms with E-state index in [0.717, 1.165) is 24.4 Å². The normalized spacial score (nSPS) is 12.2. The fraction of sp³-hybridized carbons (Fsp3) is 0.588. The van der Waals surface area contributed by atoms with Gasteiger partial charge in [0.15, 0.2) is 0 Å². The largest absolute Gasteiger partial charge is 0.311 e. The highest BCUT2D eigenvalue weighted by molar-refractivity contribution is 5.39. The van der Waals surface area contributed by atoms with Crippen molar-refractivity contribution in [3.63, 3.8) is 0 Å². The van der Waals surface area contributed by atoms with Gasteiger partial charge in [-0.1, -0.05) is 46.1 Å². The topological polar surface area (TPSA) is 29.3 Å². The van der Waals surface area contributed by atoms with Crippen molar-refractivity contribution in [2.75, 3.05) is 6.54 Å². The average Bonchev–Trinajstić information content (AvgIpc) is 2.81. The van der Waals surface area contributed by atoms with Crippen LogP contribution < -0.4 is 5.32 Å². The van der Waals surface area contributed by atoms with E-state index >= 15 is 0 Å². The predicted molar refractivity (Wildman–Crippen MR) is 84.8 cm³/mol. The summed E-state index contributed by atoms with van der Waals surface area (Å²) in [6, 6.07) is 6.09. The minimum Gasteiger partial charge on any atom is -0.311 e. The molecule has 2 aromatic heterocycles. The first-order valence-electron chi connectivity index (χ1n) is 7.74. The first-order valence-corrected chi connectivity index (χ1v) is 7.74. The van der Waals surface area contributed by atoms with Crippen LogP contribution in [-0.4, -0.2) is 15.9 Å². The summed E-state index contributed by atoms with van der Waals surface area (Å²) in [7, 11) is 0. The molecule has 2 heterocycles. The van der Waals surface area contributed by atoms with Gasteiger partial charge in [0.2, 0.25) is 0 Å². The molecule has 3 nitrogen and oxygen atoms in total. The smallest absolute Gasteiger partial charge is 0.137 e. The van der Waals surface area contributed by atoms with Crippen LogP contribution in [0.4, 0.5) is 0 Å². The Morgan fingerprint density at radius 3 is 2.85 bits per heavy atom. The molecule has 20 heavy (non-hydrogen) atoms. The Bertz CT molecular complexity index is 495. The van der Waals surface area contributed by atoms with Crippen molar-refractivity contribution in [1.82, 2.24) is 14.7 Å². The van der Waals surface area contributed by atoms with Crippen molar-refractivity contribution in [3.05, 3.63) is 36.3 Å². The summed E-state index contributed by atoms with van der Waals surface area (Å²) >= 11 is 0. The minimum absolute atomic E-state index is 0.369. The van der Waals surface area contributed by atoms with Crippen molar-refractivity contribution in [3.8, 4) is 0 Å². The average molecular weight is 273 g/mol.